The molecule has 23 heteroatoms. The van der Waals surface area contributed by atoms with Crippen LogP contribution < -0.4 is 26.9 Å². The number of hydrogen-bond donors (Lipinski definition) is 6. The minimum Gasteiger partial charge on any atom is -0.503 e. The summed E-state index contributed by atoms with van der Waals surface area (Å²) >= 11 is 0.934. The van der Waals surface area contributed by atoms with Gasteiger partial charge >= 0.3 is 27.9 Å². The largest absolute Gasteiger partial charge is 0.503 e. The van der Waals surface area contributed by atoms with Crippen LogP contribution in [0.25, 0.3) is 11.5 Å². The number of rotatable bonds is 10. The van der Waals surface area contributed by atoms with Gasteiger partial charge in [0, 0.05) is 24.2 Å². The number of amides is 4. The number of H-pyrrole nitrogens is 1. The third-order valence-electron chi connectivity index (χ3n) is 6.07. The lowest BCUT2D eigenvalue weighted by Crippen LogP contribution is -2.68. The van der Waals surface area contributed by atoms with E-state index in [1.807, 2.05) is 0 Å². The monoisotopic (exact) mass is 668 g/mol. The van der Waals surface area contributed by atoms with Gasteiger partial charge in [-0.2, -0.15) is 8.42 Å². The van der Waals surface area contributed by atoms with Crippen molar-refractivity contribution in [3.63, 3.8) is 0 Å². The topological polar surface area (TPSA) is 303 Å². The van der Waals surface area contributed by atoms with E-state index >= 15 is 0 Å². The van der Waals surface area contributed by atoms with Crippen molar-refractivity contribution in [1.29, 1.82) is 0 Å². The van der Waals surface area contributed by atoms with Gasteiger partial charge in [-0.25, -0.2) is 24.1 Å². The third kappa shape index (κ3) is 6.37. The molecule has 1 aliphatic heterocycles. The Morgan fingerprint density at radius 3 is 2.53 bits per heavy atom. The predicted molar refractivity (Wildman–Crippen MR) is 152 cm³/mol. The third-order valence-corrected chi connectivity index (χ3v) is 7.87. The van der Waals surface area contributed by atoms with Crippen LogP contribution in [-0.4, -0.2) is 95.0 Å². The van der Waals surface area contributed by atoms with E-state index in [2.05, 4.69) is 25.5 Å². The van der Waals surface area contributed by atoms with E-state index in [1.54, 1.807) is 0 Å². The molecule has 1 fully saturated rings. The minimum atomic E-state index is -5.04. The average Bonchev–Trinajstić information content (AvgIpc) is 3.54. The van der Waals surface area contributed by atoms with E-state index in [9.17, 15) is 47.4 Å². The average molecular weight is 669 g/mol. The van der Waals surface area contributed by atoms with Gasteiger partial charge in [-0.15, -0.1) is 16.4 Å². The number of anilines is 1. The zero-order valence-corrected chi connectivity index (χ0v) is 25.0. The number of urea groups is 1. The molecule has 4 heterocycles. The minimum absolute atomic E-state index is 0.0399. The van der Waals surface area contributed by atoms with E-state index < -0.39 is 74.8 Å². The standard InChI is InChI=1S/C22H24N10O11S2/c1-4-30-15(9-5-12(33)13(34)6-24-9)27-32(21(30)40)45(41,42)29-20(39)31-7-10(17(31)36)25-16(35)14(11-8-44-19(23)26-11)28-43-22(2,3)18(37)38/h5-6,8,10,34H,4,7H2,1-3H3,(H2,23,26)(H,24,33)(H,25,35)(H,29,39)(H,37,38)/t10-/m0/s1. The van der Waals surface area contributed by atoms with Crippen molar-refractivity contribution < 1.29 is 42.6 Å². The molecule has 4 rings (SSSR count). The molecule has 0 aromatic carbocycles. The summed E-state index contributed by atoms with van der Waals surface area (Å²) in [6, 6.07) is -1.94. The molecule has 7 N–H and O–H groups in total. The molecule has 1 saturated heterocycles. The van der Waals surface area contributed by atoms with Crippen molar-refractivity contribution in [2.24, 2.45) is 5.16 Å². The number of β-lactam (4-membered cyclic amide) rings is 1. The summed E-state index contributed by atoms with van der Waals surface area (Å²) in [6.07, 6.45) is 0.910. The number of nitrogens with zero attached hydrogens (tertiary/aromatic N) is 6. The number of aliphatic carboxylic acids is 1. The van der Waals surface area contributed by atoms with Crippen molar-refractivity contribution in [2.45, 2.75) is 39.0 Å². The van der Waals surface area contributed by atoms with Crippen LogP contribution in [0.2, 0.25) is 0 Å². The summed E-state index contributed by atoms with van der Waals surface area (Å²) in [5, 5.41) is 29.6. The highest BCUT2D eigenvalue weighted by Gasteiger charge is 2.44. The lowest BCUT2D eigenvalue weighted by Gasteiger charge is -2.36. The Kier molecular flexibility index (Phi) is 8.50. The lowest BCUT2D eigenvalue weighted by atomic mass is 10.1. The summed E-state index contributed by atoms with van der Waals surface area (Å²) in [7, 11) is -5.04. The number of oxime groups is 1. The molecule has 3 aromatic heterocycles. The van der Waals surface area contributed by atoms with Gasteiger partial charge in [0.05, 0.1) is 12.2 Å². The number of aromatic amines is 1. The lowest BCUT2D eigenvalue weighted by molar-refractivity contribution is -0.161. The quantitative estimate of drug-likeness (QED) is 0.0744. The summed E-state index contributed by atoms with van der Waals surface area (Å²) in [5.74, 6) is -4.44. The summed E-state index contributed by atoms with van der Waals surface area (Å²) in [6.45, 7) is 3.19. The highest BCUT2D eigenvalue weighted by molar-refractivity contribution is 7.88. The molecule has 0 saturated carbocycles. The van der Waals surface area contributed by atoms with Crippen LogP contribution in [0.5, 0.6) is 5.75 Å². The Hall–Kier alpha value is -5.58. The molecule has 0 bridgehead atoms. The predicted octanol–water partition coefficient (Wildman–Crippen LogP) is -2.42. The molecule has 0 radical (unpaired) electrons. The highest BCUT2D eigenvalue weighted by Crippen LogP contribution is 2.17. The van der Waals surface area contributed by atoms with Crippen molar-refractivity contribution in [3.8, 4) is 17.3 Å². The maximum Gasteiger partial charge on any atom is 0.362 e. The zero-order chi connectivity index (χ0) is 33.4. The molecule has 1 atom stereocenters. The first kappa shape index (κ1) is 32.3. The first-order valence-corrected chi connectivity index (χ1v) is 14.8. The first-order chi connectivity index (χ1) is 21.0. The van der Waals surface area contributed by atoms with Gasteiger partial charge in [-0.3, -0.25) is 23.9 Å². The van der Waals surface area contributed by atoms with Crippen LogP contribution in [0.15, 0.2) is 32.4 Å². The zero-order valence-electron chi connectivity index (χ0n) is 23.4. The Bertz CT molecular complexity index is 1970. The van der Waals surface area contributed by atoms with Gasteiger partial charge in [0.25, 0.3) is 11.8 Å². The first-order valence-electron chi connectivity index (χ1n) is 12.5. The Morgan fingerprint density at radius 1 is 1.29 bits per heavy atom. The summed E-state index contributed by atoms with van der Waals surface area (Å²) in [4.78, 5) is 86.0. The summed E-state index contributed by atoms with van der Waals surface area (Å²) < 4.78 is 28.2. The SMILES string of the molecule is CCn1c(-c2cc(=O)c(O)c[nH]2)nn(S(=O)(=O)NC(=O)N2C[C@H](NC(=O)C(=NOC(C)(C)C(=O)O)c3csc(N)n3)C2=O)c1=O. The normalized spacial score (nSPS) is 15.4. The molecule has 45 heavy (non-hydrogen) atoms. The fourth-order valence-corrected chi connectivity index (χ4v) is 5.02. The molecule has 1 aliphatic rings. The highest BCUT2D eigenvalue weighted by atomic mass is 32.2. The number of hydrogen-bond acceptors (Lipinski definition) is 15. The van der Waals surface area contributed by atoms with Crippen LogP contribution in [0.3, 0.4) is 0 Å². The second-order valence-electron chi connectivity index (χ2n) is 9.59. The second-order valence-corrected chi connectivity index (χ2v) is 12.0. The number of carbonyl (C=O) groups is 4. The van der Waals surface area contributed by atoms with Gasteiger partial charge in [0.2, 0.25) is 11.0 Å². The van der Waals surface area contributed by atoms with E-state index in [0.29, 0.717) is 4.90 Å². The van der Waals surface area contributed by atoms with Crippen LogP contribution in [0, 0.1) is 0 Å². The number of carboxylic acid groups (broad SMARTS) is 1. The van der Waals surface area contributed by atoms with Gasteiger partial charge in [0.15, 0.2) is 22.4 Å². The van der Waals surface area contributed by atoms with Crippen LogP contribution >= 0.6 is 11.3 Å². The van der Waals surface area contributed by atoms with E-state index in [-0.39, 0.29) is 33.0 Å². The smallest absolute Gasteiger partial charge is 0.362 e. The number of aromatic nitrogens is 5. The van der Waals surface area contributed by atoms with Crippen LogP contribution in [-0.2, 0) is 36.0 Å². The number of nitrogens with two attached hydrogens (primary N) is 1. The fraction of sp³-hybridized carbons (Fsp3) is 0.318. The molecule has 3 aromatic rings. The number of nitrogen functional groups attached to an aromatic ring is 1. The molecule has 0 unspecified atom stereocenters. The van der Waals surface area contributed by atoms with Gasteiger partial charge < -0.3 is 31.1 Å². The Labute approximate surface area is 255 Å². The van der Waals surface area contributed by atoms with Gasteiger partial charge in [-0.05, 0) is 20.8 Å². The van der Waals surface area contributed by atoms with Crippen LogP contribution in [0.1, 0.15) is 26.5 Å². The molecular weight excluding hydrogens is 644 g/mol. The summed E-state index contributed by atoms with van der Waals surface area (Å²) in [5.41, 5.74) is 0.940. The fourth-order valence-electron chi connectivity index (χ4n) is 3.56. The number of pyridine rings is 1. The van der Waals surface area contributed by atoms with E-state index in [1.165, 1.54) is 30.9 Å². The molecule has 4 amide bonds. The van der Waals surface area contributed by atoms with Gasteiger partial charge in [-0.1, -0.05) is 9.24 Å². The maximum atomic E-state index is 12.9. The molecule has 0 spiro atoms. The van der Waals surface area contributed by atoms with E-state index in [4.69, 9.17) is 10.6 Å². The second kappa shape index (κ2) is 11.8. The number of imide groups is 1. The van der Waals surface area contributed by atoms with Crippen molar-refractivity contribution in [1.82, 2.24) is 38.7 Å². The number of carbonyl (C=O) groups excluding carboxylic acids is 3. The van der Waals surface area contributed by atoms with Crippen LogP contribution in [0.4, 0.5) is 9.93 Å². The molecular formula is C22H24N10O11S2. The molecule has 240 valence electrons. The Balaban J connectivity index is 1.48. The van der Waals surface area contributed by atoms with Crippen molar-refractivity contribution >= 4 is 56.2 Å². The van der Waals surface area contributed by atoms with E-state index in [0.717, 1.165) is 28.2 Å². The number of likely N-dealkylation sites (tertiary alicyclic amines) is 1. The number of nitrogens with one attached hydrogen (secondary N) is 3. The number of carboxylic acids is 1. The number of thiazole rings is 1. The molecule has 21 nitrogen and oxygen atoms in total. The maximum absolute atomic E-state index is 12.9. The Morgan fingerprint density at radius 2 is 1.98 bits per heavy atom. The van der Waals surface area contributed by atoms with Crippen molar-refractivity contribution in [3.05, 3.63) is 44.0 Å². The number of aromatic hydroxyl groups is 1. The van der Waals surface area contributed by atoms with Crippen molar-refractivity contribution in [2.75, 3.05) is 12.3 Å². The molecule has 0 aliphatic carbocycles. The van der Waals surface area contributed by atoms with Gasteiger partial charge in [0.1, 0.15) is 11.7 Å².